The number of hydrogen-bond donors (Lipinski definition) is 3. The molecule has 0 atom stereocenters. The molecule has 1 amide bonds. The van der Waals surface area contributed by atoms with Crippen molar-refractivity contribution in [2.24, 2.45) is 16.8 Å². The van der Waals surface area contributed by atoms with Crippen molar-refractivity contribution in [1.82, 2.24) is 16.0 Å². The van der Waals surface area contributed by atoms with Crippen LogP contribution >= 0.6 is 24.0 Å². The second-order valence-electron chi connectivity index (χ2n) is 6.85. The Morgan fingerprint density at radius 1 is 1.08 bits per heavy atom. The van der Waals surface area contributed by atoms with E-state index >= 15 is 0 Å². The van der Waals surface area contributed by atoms with Gasteiger partial charge in [-0.15, -0.1) is 24.0 Å². The fourth-order valence-electron chi connectivity index (χ4n) is 2.52. The molecule has 6 heteroatoms. The summed E-state index contributed by atoms with van der Waals surface area (Å²) in [6, 6.07) is 0. The van der Waals surface area contributed by atoms with Crippen LogP contribution in [-0.2, 0) is 4.79 Å². The van der Waals surface area contributed by atoms with Crippen LogP contribution in [-0.4, -0.2) is 38.0 Å². The van der Waals surface area contributed by atoms with Gasteiger partial charge in [0.25, 0.3) is 0 Å². The molecule has 24 heavy (non-hydrogen) atoms. The lowest BCUT2D eigenvalue weighted by molar-refractivity contribution is -0.127. The first-order valence-corrected chi connectivity index (χ1v) is 9.43. The Labute approximate surface area is 165 Å². The van der Waals surface area contributed by atoms with E-state index in [1.54, 1.807) is 0 Å². The number of hydrogen-bond acceptors (Lipinski definition) is 2. The van der Waals surface area contributed by atoms with E-state index in [1.165, 1.54) is 25.7 Å². The molecule has 0 aromatic rings. The molecule has 0 heterocycles. The molecule has 0 aliphatic heterocycles. The molecule has 142 valence electrons. The van der Waals surface area contributed by atoms with Gasteiger partial charge in [-0.1, -0.05) is 33.1 Å². The van der Waals surface area contributed by atoms with Crippen LogP contribution in [0.25, 0.3) is 0 Å². The number of amides is 1. The maximum Gasteiger partial charge on any atom is 0.223 e. The molecule has 1 rings (SSSR count). The molecule has 1 fully saturated rings. The highest BCUT2D eigenvalue weighted by atomic mass is 127. The molecule has 0 radical (unpaired) electrons. The van der Waals surface area contributed by atoms with Crippen LogP contribution in [0.1, 0.15) is 65.7 Å². The monoisotopic (exact) mass is 452 g/mol. The van der Waals surface area contributed by atoms with Gasteiger partial charge in [0.15, 0.2) is 5.96 Å². The minimum Gasteiger partial charge on any atom is -0.357 e. The van der Waals surface area contributed by atoms with E-state index in [9.17, 15) is 4.79 Å². The molecule has 0 saturated heterocycles. The topological polar surface area (TPSA) is 65.5 Å². The second kappa shape index (κ2) is 14.8. The third-order valence-corrected chi connectivity index (χ3v) is 4.22. The zero-order valence-corrected chi connectivity index (χ0v) is 18.0. The summed E-state index contributed by atoms with van der Waals surface area (Å²) in [7, 11) is 0. The fraction of sp³-hybridized carbons (Fsp3) is 0.889. The molecule has 0 bridgehead atoms. The first kappa shape index (κ1) is 23.5. The fourth-order valence-corrected chi connectivity index (χ4v) is 2.52. The molecule has 1 aliphatic rings. The summed E-state index contributed by atoms with van der Waals surface area (Å²) in [6.45, 7) is 9.92. The minimum atomic E-state index is 0. The number of carbonyl (C=O) groups excluding carboxylic acids is 1. The zero-order chi connectivity index (χ0) is 16.9. The Balaban J connectivity index is 0.00000529. The van der Waals surface area contributed by atoms with Crippen molar-refractivity contribution in [1.29, 1.82) is 0 Å². The third-order valence-electron chi connectivity index (χ3n) is 4.22. The summed E-state index contributed by atoms with van der Waals surface area (Å²) in [6.07, 6.45) is 7.96. The van der Waals surface area contributed by atoms with Crippen LogP contribution < -0.4 is 16.0 Å². The molecular weight excluding hydrogens is 415 g/mol. The average molecular weight is 452 g/mol. The van der Waals surface area contributed by atoms with Crippen LogP contribution in [0.4, 0.5) is 0 Å². The van der Waals surface area contributed by atoms with E-state index in [-0.39, 0.29) is 35.8 Å². The van der Waals surface area contributed by atoms with E-state index in [1.807, 2.05) is 0 Å². The number of aliphatic imine (C=N–C) groups is 1. The van der Waals surface area contributed by atoms with Crippen molar-refractivity contribution in [2.75, 3.05) is 26.2 Å². The van der Waals surface area contributed by atoms with Crippen LogP contribution in [0.5, 0.6) is 0 Å². The van der Waals surface area contributed by atoms with Gasteiger partial charge in [0, 0.05) is 32.1 Å². The molecule has 1 saturated carbocycles. The number of halogens is 1. The van der Waals surface area contributed by atoms with Gasteiger partial charge >= 0.3 is 0 Å². The van der Waals surface area contributed by atoms with Crippen LogP contribution in [0.15, 0.2) is 4.99 Å². The van der Waals surface area contributed by atoms with E-state index in [0.717, 1.165) is 57.3 Å². The van der Waals surface area contributed by atoms with Crippen molar-refractivity contribution < 1.29 is 4.79 Å². The molecule has 0 aromatic heterocycles. The van der Waals surface area contributed by atoms with Gasteiger partial charge in [0.05, 0.1) is 0 Å². The first-order chi connectivity index (χ1) is 11.1. The summed E-state index contributed by atoms with van der Waals surface area (Å²) >= 11 is 0. The Kier molecular flexibility index (Phi) is 14.5. The number of guanidine groups is 1. The van der Waals surface area contributed by atoms with E-state index < -0.39 is 0 Å². The SMILES string of the molecule is CCNC(=NCCCNC(=O)C1CCC1)NCCCCC(C)C.I. The number of nitrogens with one attached hydrogen (secondary N) is 3. The molecule has 5 nitrogen and oxygen atoms in total. The normalized spacial score (nSPS) is 14.8. The van der Waals surface area contributed by atoms with E-state index in [4.69, 9.17) is 0 Å². The van der Waals surface area contributed by atoms with Crippen LogP contribution in [0.2, 0.25) is 0 Å². The smallest absolute Gasteiger partial charge is 0.223 e. The predicted octanol–water partition coefficient (Wildman–Crippen LogP) is 3.29. The summed E-state index contributed by atoms with van der Waals surface area (Å²) in [4.78, 5) is 16.3. The number of rotatable bonds is 11. The van der Waals surface area contributed by atoms with E-state index in [2.05, 4.69) is 41.7 Å². The minimum absolute atomic E-state index is 0. The molecule has 3 N–H and O–H groups in total. The van der Waals surface area contributed by atoms with Crippen LogP contribution in [0.3, 0.4) is 0 Å². The molecule has 0 unspecified atom stereocenters. The maximum atomic E-state index is 11.7. The summed E-state index contributed by atoms with van der Waals surface area (Å²) < 4.78 is 0. The molecule has 1 aliphatic carbocycles. The highest BCUT2D eigenvalue weighted by Crippen LogP contribution is 2.25. The van der Waals surface area contributed by atoms with Gasteiger partial charge in [-0.25, -0.2) is 0 Å². The lowest BCUT2D eigenvalue weighted by Gasteiger charge is -2.23. The van der Waals surface area contributed by atoms with E-state index in [0.29, 0.717) is 0 Å². The van der Waals surface area contributed by atoms with Gasteiger partial charge in [-0.05, 0) is 38.5 Å². The Morgan fingerprint density at radius 3 is 2.38 bits per heavy atom. The quantitative estimate of drug-likeness (QED) is 0.195. The highest BCUT2D eigenvalue weighted by molar-refractivity contribution is 14.0. The lowest BCUT2D eigenvalue weighted by Crippen LogP contribution is -2.38. The molecule has 0 spiro atoms. The molecule has 0 aromatic carbocycles. The number of unbranched alkanes of at least 4 members (excludes halogenated alkanes) is 1. The van der Waals surface area contributed by atoms with Gasteiger partial charge in [-0.2, -0.15) is 0 Å². The number of nitrogens with zero attached hydrogens (tertiary/aromatic N) is 1. The zero-order valence-electron chi connectivity index (χ0n) is 15.7. The Morgan fingerprint density at radius 2 is 1.79 bits per heavy atom. The lowest BCUT2D eigenvalue weighted by atomic mass is 9.85. The first-order valence-electron chi connectivity index (χ1n) is 9.43. The van der Waals surface area contributed by atoms with Crippen molar-refractivity contribution in [3.8, 4) is 0 Å². The number of carbonyl (C=O) groups is 1. The Bertz CT molecular complexity index is 357. The summed E-state index contributed by atoms with van der Waals surface area (Å²) in [5, 5.41) is 9.66. The van der Waals surface area contributed by atoms with Gasteiger partial charge in [0.2, 0.25) is 5.91 Å². The second-order valence-corrected chi connectivity index (χ2v) is 6.85. The third kappa shape index (κ3) is 11.1. The average Bonchev–Trinajstić information content (AvgIpc) is 2.44. The summed E-state index contributed by atoms with van der Waals surface area (Å²) in [5.41, 5.74) is 0. The largest absolute Gasteiger partial charge is 0.357 e. The predicted molar refractivity (Wildman–Crippen MR) is 113 cm³/mol. The van der Waals surface area contributed by atoms with Crippen LogP contribution in [0, 0.1) is 11.8 Å². The van der Waals surface area contributed by atoms with Crippen molar-refractivity contribution >= 4 is 35.8 Å². The summed E-state index contributed by atoms with van der Waals surface area (Å²) in [5.74, 6) is 2.19. The van der Waals surface area contributed by atoms with Crippen molar-refractivity contribution in [3.05, 3.63) is 0 Å². The highest BCUT2D eigenvalue weighted by Gasteiger charge is 2.24. The van der Waals surface area contributed by atoms with Gasteiger partial charge < -0.3 is 16.0 Å². The van der Waals surface area contributed by atoms with Gasteiger partial charge in [-0.3, -0.25) is 9.79 Å². The van der Waals surface area contributed by atoms with Gasteiger partial charge in [0.1, 0.15) is 0 Å². The standard InChI is InChI=1S/C18H36N4O.HI/c1-4-19-18(21-12-6-5-9-15(2)3)22-14-8-13-20-17(23)16-10-7-11-16;/h15-16H,4-14H2,1-3H3,(H,20,23)(H2,19,21,22);1H. The Hall–Kier alpha value is -0.530. The van der Waals surface area contributed by atoms with Crippen molar-refractivity contribution in [3.63, 3.8) is 0 Å². The maximum absolute atomic E-state index is 11.7. The molecular formula is C18H37IN4O. The van der Waals surface area contributed by atoms with Crippen molar-refractivity contribution in [2.45, 2.75) is 65.7 Å².